The second-order valence-electron chi connectivity index (χ2n) is 5.47. The average molecular weight is 453 g/mol. The lowest BCUT2D eigenvalue weighted by Gasteiger charge is -2.14. The Labute approximate surface area is 160 Å². The van der Waals surface area contributed by atoms with Crippen molar-refractivity contribution in [2.75, 3.05) is 6.61 Å². The van der Waals surface area contributed by atoms with E-state index in [1.165, 1.54) is 17.7 Å². The average Bonchev–Trinajstić information content (AvgIpc) is 3.03. The van der Waals surface area contributed by atoms with Gasteiger partial charge in [0.2, 0.25) is 0 Å². The van der Waals surface area contributed by atoms with E-state index in [0.717, 1.165) is 15.8 Å². The Bertz CT molecular complexity index is 749. The number of hydrogen-bond donors (Lipinski definition) is 1. The summed E-state index contributed by atoms with van der Waals surface area (Å²) in [6.45, 7) is 3.66. The molecule has 132 valence electrons. The van der Waals surface area contributed by atoms with Gasteiger partial charge in [0.15, 0.2) is 10.4 Å². The predicted molar refractivity (Wildman–Crippen MR) is 104 cm³/mol. The van der Waals surface area contributed by atoms with E-state index in [1.807, 2.05) is 53.8 Å². The number of amides is 1. The van der Waals surface area contributed by atoms with Gasteiger partial charge in [-0.2, -0.15) is 0 Å². The van der Waals surface area contributed by atoms with E-state index in [0.29, 0.717) is 5.76 Å². The Morgan fingerprint density at radius 1 is 1.24 bits per heavy atom. The van der Waals surface area contributed by atoms with Crippen LogP contribution >= 0.6 is 22.6 Å². The van der Waals surface area contributed by atoms with Crippen LogP contribution in [0.1, 0.15) is 36.8 Å². The Kier molecular flexibility index (Phi) is 7.24. The van der Waals surface area contributed by atoms with Gasteiger partial charge in [0, 0.05) is 6.08 Å². The van der Waals surface area contributed by atoms with Gasteiger partial charge in [-0.1, -0.05) is 31.2 Å². The third-order valence-corrected chi connectivity index (χ3v) is 4.17. The van der Waals surface area contributed by atoms with Gasteiger partial charge in [-0.3, -0.25) is 4.79 Å². The zero-order valence-electron chi connectivity index (χ0n) is 14.1. The number of esters is 1. The summed E-state index contributed by atoms with van der Waals surface area (Å²) >= 11 is 2.03. The Hall–Kier alpha value is -2.09. The molecule has 2 rings (SSSR count). The number of aryl methyl sites for hydroxylation is 1. The normalized spacial score (nSPS) is 12.1. The molecule has 0 aliphatic heterocycles. The largest absolute Gasteiger partial charge is 0.452 e. The highest BCUT2D eigenvalue weighted by Gasteiger charge is 2.11. The van der Waals surface area contributed by atoms with Crippen LogP contribution < -0.4 is 5.32 Å². The van der Waals surface area contributed by atoms with Crippen LogP contribution in [0.5, 0.6) is 0 Å². The van der Waals surface area contributed by atoms with Crippen molar-refractivity contribution >= 4 is 40.5 Å². The number of furan rings is 1. The van der Waals surface area contributed by atoms with Gasteiger partial charge in [-0.15, -0.1) is 0 Å². The standard InChI is InChI=1S/C19H20INO4/c1-3-14-4-6-15(7-5-14)13(2)21-18(22)12-24-19(23)11-9-16-8-10-17(20)25-16/h4-11,13H,3,12H2,1-2H3,(H,21,22)/b11-9+. The monoisotopic (exact) mass is 453 g/mol. The first-order chi connectivity index (χ1) is 12.0. The molecule has 0 aliphatic rings. The van der Waals surface area contributed by atoms with E-state index in [-0.39, 0.29) is 18.6 Å². The maximum Gasteiger partial charge on any atom is 0.331 e. The molecule has 0 saturated heterocycles. The Balaban J connectivity index is 1.77. The third-order valence-electron chi connectivity index (χ3n) is 3.59. The van der Waals surface area contributed by atoms with E-state index in [9.17, 15) is 9.59 Å². The van der Waals surface area contributed by atoms with E-state index in [1.54, 1.807) is 12.1 Å². The smallest absolute Gasteiger partial charge is 0.331 e. The molecular formula is C19H20INO4. The van der Waals surface area contributed by atoms with Crippen molar-refractivity contribution in [2.24, 2.45) is 0 Å². The van der Waals surface area contributed by atoms with Gasteiger partial charge in [0.05, 0.1) is 6.04 Å². The molecule has 1 aromatic carbocycles. The molecular weight excluding hydrogens is 433 g/mol. The molecule has 2 aromatic rings. The second-order valence-corrected chi connectivity index (χ2v) is 6.53. The molecule has 5 nitrogen and oxygen atoms in total. The van der Waals surface area contributed by atoms with Gasteiger partial charge < -0.3 is 14.5 Å². The summed E-state index contributed by atoms with van der Waals surface area (Å²) in [7, 11) is 0. The summed E-state index contributed by atoms with van der Waals surface area (Å²) in [4.78, 5) is 23.5. The first-order valence-corrected chi connectivity index (χ1v) is 9.04. The molecule has 0 spiro atoms. The first-order valence-electron chi connectivity index (χ1n) is 7.96. The molecule has 0 radical (unpaired) electrons. The minimum absolute atomic E-state index is 0.155. The number of carbonyl (C=O) groups excluding carboxylic acids is 2. The van der Waals surface area contributed by atoms with E-state index >= 15 is 0 Å². The molecule has 1 unspecified atom stereocenters. The summed E-state index contributed by atoms with van der Waals surface area (Å²) in [5.74, 6) is -0.391. The molecule has 25 heavy (non-hydrogen) atoms. The minimum Gasteiger partial charge on any atom is -0.452 e. The molecule has 1 atom stereocenters. The summed E-state index contributed by atoms with van der Waals surface area (Å²) in [5, 5.41) is 2.81. The van der Waals surface area contributed by atoms with E-state index in [4.69, 9.17) is 9.15 Å². The predicted octanol–water partition coefficient (Wildman–Crippen LogP) is 3.88. The quantitative estimate of drug-likeness (QED) is 0.393. The lowest BCUT2D eigenvalue weighted by molar-refractivity contribution is -0.144. The SMILES string of the molecule is CCc1ccc(C(C)NC(=O)COC(=O)/C=C/c2ccc(I)o2)cc1. The summed E-state index contributed by atoms with van der Waals surface area (Å²) in [6, 6.07) is 11.4. The van der Waals surface area contributed by atoms with Crippen molar-refractivity contribution in [1.82, 2.24) is 5.32 Å². The van der Waals surface area contributed by atoms with Crippen LogP contribution in [0.2, 0.25) is 0 Å². The summed E-state index contributed by atoms with van der Waals surface area (Å²) in [6.07, 6.45) is 3.71. The van der Waals surface area contributed by atoms with Crippen LogP contribution in [0.3, 0.4) is 0 Å². The van der Waals surface area contributed by atoms with Crippen molar-refractivity contribution in [3.8, 4) is 0 Å². The van der Waals surface area contributed by atoms with Crippen molar-refractivity contribution in [3.63, 3.8) is 0 Å². The van der Waals surface area contributed by atoms with Crippen LogP contribution in [0.15, 0.2) is 46.9 Å². The lowest BCUT2D eigenvalue weighted by atomic mass is 10.1. The number of hydrogen-bond acceptors (Lipinski definition) is 4. The van der Waals surface area contributed by atoms with Crippen molar-refractivity contribution in [3.05, 3.63) is 63.1 Å². The minimum atomic E-state index is -0.596. The first kappa shape index (κ1) is 19.2. The van der Waals surface area contributed by atoms with Crippen LogP contribution in [0, 0.1) is 3.77 Å². The van der Waals surface area contributed by atoms with Crippen molar-refractivity contribution in [1.29, 1.82) is 0 Å². The highest BCUT2D eigenvalue weighted by atomic mass is 127. The zero-order valence-corrected chi connectivity index (χ0v) is 16.3. The van der Waals surface area contributed by atoms with Crippen LogP contribution in [-0.2, 0) is 20.7 Å². The number of ether oxygens (including phenoxy) is 1. The topological polar surface area (TPSA) is 68.5 Å². The highest BCUT2D eigenvalue weighted by Crippen LogP contribution is 2.14. The zero-order chi connectivity index (χ0) is 18.2. The lowest BCUT2D eigenvalue weighted by Crippen LogP contribution is -2.30. The van der Waals surface area contributed by atoms with Gasteiger partial charge in [0.1, 0.15) is 5.76 Å². The number of nitrogens with one attached hydrogen (secondary N) is 1. The molecule has 1 aromatic heterocycles. The van der Waals surface area contributed by atoms with E-state index < -0.39 is 5.97 Å². The molecule has 1 heterocycles. The molecule has 1 N–H and O–H groups in total. The Morgan fingerprint density at radius 2 is 1.96 bits per heavy atom. The maximum atomic E-state index is 11.9. The van der Waals surface area contributed by atoms with Gasteiger partial charge >= 0.3 is 5.97 Å². The second kappa shape index (κ2) is 9.41. The molecule has 0 fully saturated rings. The fourth-order valence-electron chi connectivity index (χ4n) is 2.16. The highest BCUT2D eigenvalue weighted by molar-refractivity contribution is 14.1. The fourth-order valence-corrected chi connectivity index (χ4v) is 2.60. The number of halogens is 1. The Morgan fingerprint density at radius 3 is 2.56 bits per heavy atom. The molecule has 0 saturated carbocycles. The third kappa shape index (κ3) is 6.38. The number of rotatable bonds is 7. The molecule has 0 aliphatic carbocycles. The molecule has 6 heteroatoms. The number of carbonyl (C=O) groups is 2. The summed E-state index contributed by atoms with van der Waals surface area (Å²) in [5.41, 5.74) is 2.25. The van der Waals surface area contributed by atoms with Crippen LogP contribution in [0.25, 0.3) is 6.08 Å². The number of benzene rings is 1. The summed E-state index contributed by atoms with van der Waals surface area (Å²) < 4.78 is 10.9. The fraction of sp³-hybridized carbons (Fsp3) is 0.263. The van der Waals surface area contributed by atoms with Gasteiger partial charge in [-0.05, 0) is 65.3 Å². The van der Waals surface area contributed by atoms with Gasteiger partial charge in [-0.25, -0.2) is 4.79 Å². The van der Waals surface area contributed by atoms with Crippen molar-refractivity contribution < 1.29 is 18.7 Å². The molecule has 0 bridgehead atoms. The molecule has 1 amide bonds. The van der Waals surface area contributed by atoms with Crippen LogP contribution in [-0.4, -0.2) is 18.5 Å². The maximum absolute atomic E-state index is 11.9. The van der Waals surface area contributed by atoms with Crippen molar-refractivity contribution in [2.45, 2.75) is 26.3 Å². The van der Waals surface area contributed by atoms with Crippen LogP contribution in [0.4, 0.5) is 0 Å². The van der Waals surface area contributed by atoms with Gasteiger partial charge in [0.25, 0.3) is 5.91 Å². The van der Waals surface area contributed by atoms with E-state index in [2.05, 4.69) is 12.2 Å².